The fourth-order valence-electron chi connectivity index (χ4n) is 2.29. The first-order valence-corrected chi connectivity index (χ1v) is 5.42. The molecule has 0 bridgehead atoms. The van der Waals surface area contributed by atoms with Gasteiger partial charge < -0.3 is 0 Å². The van der Waals surface area contributed by atoms with E-state index < -0.39 is 0 Å². The summed E-state index contributed by atoms with van der Waals surface area (Å²) in [4.78, 5) is 0. The van der Waals surface area contributed by atoms with E-state index in [1.807, 2.05) is 0 Å². The molecule has 0 unspecified atom stereocenters. The SMILES string of the molecule is C=C(C)CC[C@H]1C(C)=CCC[C@@H]1C. The third-order valence-electron chi connectivity index (χ3n) is 3.24. The Morgan fingerprint density at radius 2 is 2.31 bits per heavy atom. The van der Waals surface area contributed by atoms with E-state index in [4.69, 9.17) is 0 Å². The molecule has 1 rings (SSSR count). The maximum atomic E-state index is 3.97. The van der Waals surface area contributed by atoms with Gasteiger partial charge in [0.1, 0.15) is 0 Å². The van der Waals surface area contributed by atoms with Crippen molar-refractivity contribution < 1.29 is 0 Å². The van der Waals surface area contributed by atoms with Crippen LogP contribution in [0.2, 0.25) is 0 Å². The molecule has 1 aliphatic carbocycles. The van der Waals surface area contributed by atoms with Crippen molar-refractivity contribution in [2.75, 3.05) is 0 Å². The van der Waals surface area contributed by atoms with Crippen LogP contribution in [0, 0.1) is 11.8 Å². The van der Waals surface area contributed by atoms with E-state index in [2.05, 4.69) is 33.4 Å². The molecule has 0 saturated heterocycles. The van der Waals surface area contributed by atoms with Crippen molar-refractivity contribution >= 4 is 0 Å². The first-order chi connectivity index (χ1) is 6.11. The predicted molar refractivity (Wildman–Crippen MR) is 59.7 cm³/mol. The Labute approximate surface area is 82.7 Å². The molecule has 0 heterocycles. The third-order valence-corrected chi connectivity index (χ3v) is 3.24. The zero-order valence-electron chi connectivity index (χ0n) is 9.27. The van der Waals surface area contributed by atoms with Crippen molar-refractivity contribution in [3.8, 4) is 0 Å². The fraction of sp³-hybridized carbons (Fsp3) is 0.692. The Balaban J connectivity index is 2.50. The summed E-state index contributed by atoms with van der Waals surface area (Å²) < 4.78 is 0. The number of rotatable bonds is 3. The predicted octanol–water partition coefficient (Wildman–Crippen LogP) is 4.34. The topological polar surface area (TPSA) is 0 Å². The molecule has 0 saturated carbocycles. The van der Waals surface area contributed by atoms with Gasteiger partial charge in [0.15, 0.2) is 0 Å². The highest BCUT2D eigenvalue weighted by atomic mass is 14.3. The van der Waals surface area contributed by atoms with Gasteiger partial charge in [-0.15, -0.1) is 6.58 Å². The molecule has 0 spiro atoms. The molecule has 0 amide bonds. The molecule has 2 atom stereocenters. The highest BCUT2D eigenvalue weighted by Gasteiger charge is 2.21. The summed E-state index contributed by atoms with van der Waals surface area (Å²) in [5.74, 6) is 1.70. The van der Waals surface area contributed by atoms with Gasteiger partial charge in [-0.1, -0.05) is 24.1 Å². The number of hydrogen-bond acceptors (Lipinski definition) is 0. The lowest BCUT2D eigenvalue weighted by atomic mass is 9.77. The van der Waals surface area contributed by atoms with Crippen molar-refractivity contribution in [3.63, 3.8) is 0 Å². The maximum Gasteiger partial charge on any atom is -0.0177 e. The van der Waals surface area contributed by atoms with Gasteiger partial charge in [0, 0.05) is 0 Å². The lowest BCUT2D eigenvalue weighted by molar-refractivity contribution is 0.347. The summed E-state index contributed by atoms with van der Waals surface area (Å²) in [5.41, 5.74) is 2.94. The molecule has 74 valence electrons. The van der Waals surface area contributed by atoms with E-state index in [0.717, 1.165) is 11.8 Å². The van der Waals surface area contributed by atoms with Crippen molar-refractivity contribution in [2.45, 2.75) is 46.5 Å². The first-order valence-electron chi connectivity index (χ1n) is 5.42. The zero-order chi connectivity index (χ0) is 9.84. The molecule has 0 radical (unpaired) electrons. The highest BCUT2D eigenvalue weighted by molar-refractivity contribution is 5.09. The number of hydrogen-bond donors (Lipinski definition) is 0. The average Bonchev–Trinajstić information content (AvgIpc) is 2.03. The molecule has 0 nitrogen and oxygen atoms in total. The summed E-state index contributed by atoms with van der Waals surface area (Å²) in [6.07, 6.45) is 7.58. The lowest BCUT2D eigenvalue weighted by Crippen LogP contribution is -2.16. The van der Waals surface area contributed by atoms with Gasteiger partial charge in [0.25, 0.3) is 0 Å². The molecule has 0 aromatic carbocycles. The molecule has 0 fully saturated rings. The largest absolute Gasteiger partial charge is 0.100 e. The molecule has 0 aliphatic heterocycles. The lowest BCUT2D eigenvalue weighted by Gasteiger charge is -2.28. The van der Waals surface area contributed by atoms with Crippen LogP contribution in [0.15, 0.2) is 23.8 Å². The van der Waals surface area contributed by atoms with Gasteiger partial charge in [-0.3, -0.25) is 0 Å². The summed E-state index contributed by atoms with van der Waals surface area (Å²) in [7, 11) is 0. The fourth-order valence-corrected chi connectivity index (χ4v) is 2.29. The second-order valence-electron chi connectivity index (χ2n) is 4.61. The van der Waals surface area contributed by atoms with E-state index >= 15 is 0 Å². The van der Waals surface area contributed by atoms with Gasteiger partial charge in [-0.25, -0.2) is 0 Å². The summed E-state index contributed by atoms with van der Waals surface area (Å²) in [6, 6.07) is 0. The van der Waals surface area contributed by atoms with E-state index in [1.165, 1.54) is 31.3 Å². The normalized spacial score (nSPS) is 28.4. The van der Waals surface area contributed by atoms with E-state index in [1.54, 1.807) is 5.57 Å². The second-order valence-corrected chi connectivity index (χ2v) is 4.61. The van der Waals surface area contributed by atoms with Gasteiger partial charge >= 0.3 is 0 Å². The minimum atomic E-state index is 0.824. The van der Waals surface area contributed by atoms with Gasteiger partial charge in [0.05, 0.1) is 0 Å². The average molecular weight is 178 g/mol. The second kappa shape index (κ2) is 4.64. The van der Waals surface area contributed by atoms with Crippen molar-refractivity contribution in [2.24, 2.45) is 11.8 Å². The molecular formula is C13H22. The summed E-state index contributed by atoms with van der Waals surface area (Å²) in [5, 5.41) is 0. The van der Waals surface area contributed by atoms with E-state index in [-0.39, 0.29) is 0 Å². The van der Waals surface area contributed by atoms with Crippen LogP contribution in [0.1, 0.15) is 46.5 Å². The van der Waals surface area contributed by atoms with Crippen LogP contribution in [-0.4, -0.2) is 0 Å². The smallest absolute Gasteiger partial charge is 0.0177 e. The Bertz CT molecular complexity index is 210. The number of allylic oxidation sites excluding steroid dienone is 3. The molecule has 1 aliphatic rings. The Kier molecular flexibility index (Phi) is 3.77. The molecule has 0 heteroatoms. The molecule has 0 N–H and O–H groups in total. The van der Waals surface area contributed by atoms with Crippen molar-refractivity contribution in [1.82, 2.24) is 0 Å². The van der Waals surface area contributed by atoms with Crippen molar-refractivity contribution in [1.29, 1.82) is 0 Å². The minimum absolute atomic E-state index is 0.824. The van der Waals surface area contributed by atoms with Crippen LogP contribution >= 0.6 is 0 Å². The Morgan fingerprint density at radius 1 is 1.62 bits per heavy atom. The van der Waals surface area contributed by atoms with Gasteiger partial charge in [-0.2, -0.15) is 0 Å². The molecular weight excluding hydrogens is 156 g/mol. The van der Waals surface area contributed by atoms with E-state index in [0.29, 0.717) is 0 Å². The van der Waals surface area contributed by atoms with Crippen LogP contribution in [0.3, 0.4) is 0 Å². The Morgan fingerprint density at radius 3 is 2.85 bits per heavy atom. The minimum Gasteiger partial charge on any atom is -0.100 e. The van der Waals surface area contributed by atoms with E-state index in [9.17, 15) is 0 Å². The first kappa shape index (κ1) is 10.6. The molecule has 13 heavy (non-hydrogen) atoms. The Hall–Kier alpha value is -0.520. The summed E-state index contributed by atoms with van der Waals surface area (Å²) >= 11 is 0. The summed E-state index contributed by atoms with van der Waals surface area (Å²) in [6.45, 7) is 10.8. The van der Waals surface area contributed by atoms with Crippen LogP contribution in [0.5, 0.6) is 0 Å². The van der Waals surface area contributed by atoms with Crippen molar-refractivity contribution in [3.05, 3.63) is 23.8 Å². The van der Waals surface area contributed by atoms with Gasteiger partial charge in [-0.05, 0) is 51.4 Å². The highest BCUT2D eigenvalue weighted by Crippen LogP contribution is 2.33. The third kappa shape index (κ3) is 3.02. The van der Waals surface area contributed by atoms with Crippen LogP contribution in [-0.2, 0) is 0 Å². The van der Waals surface area contributed by atoms with Crippen LogP contribution in [0.25, 0.3) is 0 Å². The van der Waals surface area contributed by atoms with Gasteiger partial charge in [0.2, 0.25) is 0 Å². The zero-order valence-corrected chi connectivity index (χ0v) is 9.27. The standard InChI is InChI=1S/C13H22/c1-10(2)8-9-13-11(3)6-5-7-12(13)4/h6,12-13H,1,5,7-9H2,2-4H3/t12-,13-/m0/s1. The quantitative estimate of drug-likeness (QED) is 0.564. The van der Waals surface area contributed by atoms with Crippen LogP contribution < -0.4 is 0 Å². The van der Waals surface area contributed by atoms with Crippen LogP contribution in [0.4, 0.5) is 0 Å². The maximum absolute atomic E-state index is 3.97. The monoisotopic (exact) mass is 178 g/mol. The molecule has 0 aromatic heterocycles. The molecule has 0 aromatic rings.